The Balaban J connectivity index is 2.49. The number of amides is 2. The molecule has 0 aliphatic heterocycles. The largest absolute Gasteiger partial charge is 0.468 e. The minimum atomic E-state index is -0.907. The first kappa shape index (κ1) is 17.5. The number of hydrogen-bond donors (Lipinski definition) is 2. The van der Waals surface area contributed by atoms with Crippen LogP contribution in [0.3, 0.4) is 0 Å². The second-order valence-electron chi connectivity index (χ2n) is 4.54. The van der Waals surface area contributed by atoms with Gasteiger partial charge in [-0.25, -0.2) is 8.78 Å². The third kappa shape index (κ3) is 5.86. The zero-order chi connectivity index (χ0) is 16.7. The molecular formula is C14H16F2N2O4. The van der Waals surface area contributed by atoms with Crippen molar-refractivity contribution in [1.29, 1.82) is 0 Å². The van der Waals surface area contributed by atoms with E-state index in [9.17, 15) is 23.2 Å². The lowest BCUT2D eigenvalue weighted by molar-refractivity contribution is -0.141. The highest BCUT2D eigenvalue weighted by Gasteiger charge is 2.17. The Morgan fingerprint density at radius 1 is 1.18 bits per heavy atom. The van der Waals surface area contributed by atoms with Gasteiger partial charge < -0.3 is 15.4 Å². The van der Waals surface area contributed by atoms with E-state index < -0.39 is 35.5 Å². The number of hydrogen-bond acceptors (Lipinski definition) is 4. The number of esters is 1. The van der Waals surface area contributed by atoms with E-state index in [1.807, 2.05) is 0 Å². The summed E-state index contributed by atoms with van der Waals surface area (Å²) in [5.74, 6) is -3.35. The maximum Gasteiger partial charge on any atom is 0.325 e. The summed E-state index contributed by atoms with van der Waals surface area (Å²) in [6.07, 6.45) is -0.275. The highest BCUT2D eigenvalue weighted by Crippen LogP contribution is 2.08. The van der Waals surface area contributed by atoms with E-state index in [2.05, 4.69) is 15.4 Å². The number of carbonyl (C=O) groups is 3. The molecule has 0 aliphatic carbocycles. The smallest absolute Gasteiger partial charge is 0.325 e. The molecule has 22 heavy (non-hydrogen) atoms. The summed E-state index contributed by atoms with van der Waals surface area (Å²) in [4.78, 5) is 34.2. The van der Waals surface area contributed by atoms with Crippen molar-refractivity contribution in [3.05, 3.63) is 35.4 Å². The molecule has 2 amide bonds. The Morgan fingerprint density at radius 3 is 2.32 bits per heavy atom. The Kier molecular flexibility index (Phi) is 6.43. The number of methoxy groups -OCH3 is 1. The summed E-state index contributed by atoms with van der Waals surface area (Å²) in [6, 6.07) is 1.86. The van der Waals surface area contributed by atoms with E-state index in [1.165, 1.54) is 14.0 Å². The van der Waals surface area contributed by atoms with Crippen LogP contribution in [0, 0.1) is 11.6 Å². The molecule has 0 unspecified atom stereocenters. The first-order valence-corrected chi connectivity index (χ1v) is 6.40. The van der Waals surface area contributed by atoms with Gasteiger partial charge in [-0.05, 0) is 24.6 Å². The van der Waals surface area contributed by atoms with Gasteiger partial charge in [0.05, 0.1) is 13.5 Å². The zero-order valence-electron chi connectivity index (χ0n) is 12.1. The van der Waals surface area contributed by atoms with Gasteiger partial charge in [-0.3, -0.25) is 14.4 Å². The van der Waals surface area contributed by atoms with E-state index in [-0.39, 0.29) is 18.5 Å². The van der Waals surface area contributed by atoms with Gasteiger partial charge in [0, 0.05) is 6.07 Å². The molecule has 1 rings (SSSR count). The lowest BCUT2D eigenvalue weighted by atomic mass is 10.1. The van der Waals surface area contributed by atoms with Crippen molar-refractivity contribution in [2.24, 2.45) is 0 Å². The van der Waals surface area contributed by atoms with E-state index in [0.717, 1.165) is 12.1 Å². The molecule has 1 atom stereocenters. The number of halogens is 2. The van der Waals surface area contributed by atoms with Gasteiger partial charge in [-0.1, -0.05) is 0 Å². The van der Waals surface area contributed by atoms with Crippen LogP contribution in [0.2, 0.25) is 0 Å². The predicted octanol–water partition coefficient (Wildman–Crippen LogP) is 0.301. The van der Waals surface area contributed by atoms with Crippen LogP contribution in [-0.2, 0) is 25.5 Å². The molecule has 1 aromatic rings. The van der Waals surface area contributed by atoms with Crippen molar-refractivity contribution in [1.82, 2.24) is 10.6 Å². The molecule has 1 aromatic carbocycles. The van der Waals surface area contributed by atoms with Gasteiger partial charge in [0.25, 0.3) is 0 Å². The van der Waals surface area contributed by atoms with Crippen molar-refractivity contribution in [3.8, 4) is 0 Å². The molecule has 0 aliphatic rings. The van der Waals surface area contributed by atoms with Crippen molar-refractivity contribution in [2.75, 3.05) is 13.7 Å². The van der Waals surface area contributed by atoms with Crippen molar-refractivity contribution < 1.29 is 27.9 Å². The number of ether oxygens (including phenoxy) is 1. The Labute approximate surface area is 125 Å². The van der Waals surface area contributed by atoms with Crippen molar-refractivity contribution >= 4 is 17.8 Å². The topological polar surface area (TPSA) is 84.5 Å². The molecular weight excluding hydrogens is 298 g/mol. The molecule has 0 aromatic heterocycles. The zero-order valence-corrected chi connectivity index (χ0v) is 12.1. The Morgan fingerprint density at radius 2 is 1.77 bits per heavy atom. The van der Waals surface area contributed by atoms with E-state index in [4.69, 9.17) is 0 Å². The fourth-order valence-corrected chi connectivity index (χ4v) is 1.64. The summed E-state index contributed by atoms with van der Waals surface area (Å²) in [5.41, 5.74) is 0.150. The monoisotopic (exact) mass is 314 g/mol. The number of nitrogens with one attached hydrogen (secondary N) is 2. The molecule has 0 heterocycles. The van der Waals surface area contributed by atoms with Crippen molar-refractivity contribution in [3.63, 3.8) is 0 Å². The van der Waals surface area contributed by atoms with Crippen LogP contribution in [0.4, 0.5) is 8.78 Å². The highest BCUT2D eigenvalue weighted by molar-refractivity contribution is 5.89. The van der Waals surface area contributed by atoms with Gasteiger partial charge in [0.2, 0.25) is 11.8 Å². The third-order valence-corrected chi connectivity index (χ3v) is 2.69. The van der Waals surface area contributed by atoms with Gasteiger partial charge >= 0.3 is 5.97 Å². The lowest BCUT2D eigenvalue weighted by Crippen LogP contribution is -2.46. The molecule has 120 valence electrons. The molecule has 0 spiro atoms. The number of carbonyl (C=O) groups excluding carboxylic acids is 3. The molecule has 0 bridgehead atoms. The van der Waals surface area contributed by atoms with Gasteiger partial charge in [0.15, 0.2) is 0 Å². The molecule has 6 nitrogen and oxygen atoms in total. The van der Waals surface area contributed by atoms with Gasteiger partial charge in [-0.15, -0.1) is 0 Å². The maximum absolute atomic E-state index is 13.0. The predicted molar refractivity (Wildman–Crippen MR) is 72.7 cm³/mol. The standard InChI is InChI=1S/C14H16F2N2O4/c1-8(14(21)17-7-13(20)22-2)18-12(19)5-9-3-10(15)6-11(16)4-9/h3-4,6,8H,5,7H2,1-2H3,(H,17,21)(H,18,19)/t8-/m0/s1. The first-order chi connectivity index (χ1) is 10.3. The maximum atomic E-state index is 13.0. The second kappa shape index (κ2) is 8.06. The summed E-state index contributed by atoms with van der Waals surface area (Å²) < 4.78 is 30.3. The minimum absolute atomic E-state index is 0.150. The van der Waals surface area contributed by atoms with E-state index >= 15 is 0 Å². The van der Waals surface area contributed by atoms with Gasteiger partial charge in [-0.2, -0.15) is 0 Å². The average molecular weight is 314 g/mol. The first-order valence-electron chi connectivity index (χ1n) is 6.40. The van der Waals surface area contributed by atoms with Crippen LogP contribution in [0.1, 0.15) is 12.5 Å². The summed E-state index contributed by atoms with van der Waals surface area (Å²) >= 11 is 0. The Bertz CT molecular complexity index is 558. The quantitative estimate of drug-likeness (QED) is 0.740. The molecule has 0 radical (unpaired) electrons. The minimum Gasteiger partial charge on any atom is -0.468 e. The lowest BCUT2D eigenvalue weighted by Gasteiger charge is -2.13. The van der Waals surface area contributed by atoms with Crippen LogP contribution >= 0.6 is 0 Å². The van der Waals surface area contributed by atoms with E-state index in [0.29, 0.717) is 6.07 Å². The average Bonchev–Trinajstić information content (AvgIpc) is 2.42. The fourth-order valence-electron chi connectivity index (χ4n) is 1.64. The molecule has 0 saturated heterocycles. The third-order valence-electron chi connectivity index (χ3n) is 2.69. The van der Waals surface area contributed by atoms with Crippen LogP contribution < -0.4 is 10.6 Å². The van der Waals surface area contributed by atoms with Gasteiger partial charge in [0.1, 0.15) is 24.2 Å². The Hall–Kier alpha value is -2.51. The second-order valence-corrected chi connectivity index (χ2v) is 4.54. The molecule has 0 saturated carbocycles. The van der Waals surface area contributed by atoms with Crippen molar-refractivity contribution in [2.45, 2.75) is 19.4 Å². The fraction of sp³-hybridized carbons (Fsp3) is 0.357. The van der Waals surface area contributed by atoms with Crippen LogP contribution in [0.25, 0.3) is 0 Å². The van der Waals surface area contributed by atoms with Crippen LogP contribution in [0.5, 0.6) is 0 Å². The number of rotatable bonds is 6. The highest BCUT2D eigenvalue weighted by atomic mass is 19.1. The normalized spacial score (nSPS) is 11.5. The SMILES string of the molecule is COC(=O)CNC(=O)[C@H](C)NC(=O)Cc1cc(F)cc(F)c1. The van der Waals surface area contributed by atoms with Crippen LogP contribution in [-0.4, -0.2) is 37.5 Å². The molecule has 8 heteroatoms. The number of benzene rings is 1. The van der Waals surface area contributed by atoms with Crippen LogP contribution in [0.15, 0.2) is 18.2 Å². The van der Waals surface area contributed by atoms with E-state index in [1.54, 1.807) is 0 Å². The summed E-state index contributed by atoms with van der Waals surface area (Å²) in [7, 11) is 1.18. The molecule has 2 N–H and O–H groups in total. The molecule has 0 fully saturated rings. The summed E-state index contributed by atoms with van der Waals surface area (Å²) in [6.45, 7) is 1.10. The summed E-state index contributed by atoms with van der Waals surface area (Å²) in [5, 5.41) is 4.63.